The van der Waals surface area contributed by atoms with E-state index in [9.17, 15) is 0 Å². The van der Waals surface area contributed by atoms with Gasteiger partial charge in [0.2, 0.25) is 0 Å². The van der Waals surface area contributed by atoms with Gasteiger partial charge in [-0.1, -0.05) is 46.3 Å². The van der Waals surface area contributed by atoms with Crippen LogP contribution in [0.25, 0.3) is 6.08 Å². The minimum absolute atomic E-state index is 0.764. The first-order chi connectivity index (χ1) is 6.34. The van der Waals surface area contributed by atoms with Gasteiger partial charge in [0.1, 0.15) is 0 Å². The summed E-state index contributed by atoms with van der Waals surface area (Å²) in [6, 6.07) is 8.18. The average Bonchev–Trinajstić information content (AvgIpc) is 2.15. The fourth-order valence-corrected chi connectivity index (χ4v) is 1.47. The lowest BCUT2D eigenvalue weighted by Gasteiger charge is -1.96. The zero-order valence-electron chi connectivity index (χ0n) is 7.54. The highest BCUT2D eigenvalue weighted by atomic mass is 79.9. The van der Waals surface area contributed by atoms with Crippen LogP contribution in [0.5, 0.6) is 0 Å². The molecule has 2 heteroatoms. The van der Waals surface area contributed by atoms with Gasteiger partial charge >= 0.3 is 0 Å². The number of benzene rings is 1. The molecule has 0 unspecified atom stereocenters. The molecule has 1 aromatic rings. The summed E-state index contributed by atoms with van der Waals surface area (Å²) in [4.78, 5) is 0. The molecule has 0 aliphatic rings. The number of halogens is 1. The molecule has 0 fully saturated rings. The zero-order chi connectivity index (χ0) is 9.52. The topological polar surface area (TPSA) is 26.0 Å². The zero-order valence-corrected chi connectivity index (χ0v) is 9.13. The van der Waals surface area contributed by atoms with E-state index in [1.165, 1.54) is 5.56 Å². The van der Waals surface area contributed by atoms with Crippen LogP contribution in [-0.2, 0) is 0 Å². The van der Waals surface area contributed by atoms with Gasteiger partial charge < -0.3 is 5.73 Å². The van der Waals surface area contributed by atoms with Crippen LogP contribution in [0.2, 0.25) is 0 Å². The first-order valence-corrected chi connectivity index (χ1v) is 5.25. The van der Waals surface area contributed by atoms with Crippen LogP contribution in [0.4, 0.5) is 0 Å². The average molecular weight is 240 g/mol. The summed E-state index contributed by atoms with van der Waals surface area (Å²) in [6.45, 7) is 0.764. The van der Waals surface area contributed by atoms with Crippen molar-refractivity contribution < 1.29 is 0 Å². The Balaban J connectivity index is 2.53. The summed E-state index contributed by atoms with van der Waals surface area (Å²) in [7, 11) is 0. The minimum Gasteiger partial charge on any atom is -0.330 e. The van der Waals surface area contributed by atoms with E-state index in [1.54, 1.807) is 0 Å². The lowest BCUT2D eigenvalue weighted by Crippen LogP contribution is -1.96. The first-order valence-electron chi connectivity index (χ1n) is 4.45. The predicted molar refractivity (Wildman–Crippen MR) is 61.5 cm³/mol. The van der Waals surface area contributed by atoms with E-state index in [0.717, 1.165) is 23.9 Å². The maximum atomic E-state index is 5.39. The highest BCUT2D eigenvalue weighted by molar-refractivity contribution is 9.10. The Bertz CT molecular complexity index is 281. The smallest absolute Gasteiger partial charge is 0.0247 e. The molecule has 1 rings (SSSR count). The Hall–Kier alpha value is -0.600. The number of nitrogens with two attached hydrogens (primary N) is 1. The van der Waals surface area contributed by atoms with E-state index >= 15 is 0 Å². The van der Waals surface area contributed by atoms with Gasteiger partial charge in [0, 0.05) is 4.47 Å². The van der Waals surface area contributed by atoms with E-state index in [1.807, 2.05) is 18.2 Å². The van der Waals surface area contributed by atoms with E-state index in [0.29, 0.717) is 0 Å². The second-order valence-electron chi connectivity index (χ2n) is 2.85. The molecule has 0 radical (unpaired) electrons. The molecular weight excluding hydrogens is 226 g/mol. The van der Waals surface area contributed by atoms with Crippen LogP contribution in [0.1, 0.15) is 18.4 Å². The van der Waals surface area contributed by atoms with Crippen molar-refractivity contribution in [3.8, 4) is 0 Å². The number of hydrogen-bond donors (Lipinski definition) is 1. The van der Waals surface area contributed by atoms with Crippen molar-refractivity contribution in [2.24, 2.45) is 5.73 Å². The summed E-state index contributed by atoms with van der Waals surface area (Å²) in [6.07, 6.45) is 6.39. The van der Waals surface area contributed by atoms with Crippen LogP contribution in [0.3, 0.4) is 0 Å². The van der Waals surface area contributed by atoms with Crippen LogP contribution >= 0.6 is 15.9 Å². The van der Waals surface area contributed by atoms with Crippen LogP contribution in [0.15, 0.2) is 34.8 Å². The second-order valence-corrected chi connectivity index (χ2v) is 3.71. The van der Waals surface area contributed by atoms with E-state index < -0.39 is 0 Å². The number of unbranched alkanes of at least 4 members (excludes halogenated alkanes) is 1. The highest BCUT2D eigenvalue weighted by Gasteiger charge is 1.91. The molecule has 0 aliphatic carbocycles. The summed E-state index contributed by atoms with van der Waals surface area (Å²) in [5.41, 5.74) is 6.62. The quantitative estimate of drug-likeness (QED) is 0.803. The van der Waals surface area contributed by atoms with Gasteiger partial charge in [0.05, 0.1) is 0 Å². The summed E-state index contributed by atoms with van der Waals surface area (Å²) >= 11 is 3.49. The molecule has 0 saturated carbocycles. The number of rotatable bonds is 4. The molecule has 0 saturated heterocycles. The molecule has 0 bridgehead atoms. The fraction of sp³-hybridized carbons (Fsp3) is 0.273. The van der Waals surface area contributed by atoms with E-state index in [2.05, 4.69) is 34.1 Å². The second kappa shape index (κ2) is 5.95. The molecular formula is C11H14BrN. The molecule has 0 aliphatic heterocycles. The number of hydrogen-bond acceptors (Lipinski definition) is 1. The van der Waals surface area contributed by atoms with Crippen LogP contribution < -0.4 is 5.73 Å². The van der Waals surface area contributed by atoms with Crippen LogP contribution in [0, 0.1) is 0 Å². The third kappa shape index (κ3) is 3.75. The predicted octanol–water partition coefficient (Wildman–Crippen LogP) is 3.20. The number of allylic oxidation sites excluding steroid dienone is 1. The lowest BCUT2D eigenvalue weighted by atomic mass is 10.2. The Kier molecular flexibility index (Phi) is 4.79. The van der Waals surface area contributed by atoms with Gasteiger partial charge in [-0.3, -0.25) is 0 Å². The fourth-order valence-electron chi connectivity index (χ4n) is 1.06. The Morgan fingerprint density at radius 3 is 2.77 bits per heavy atom. The van der Waals surface area contributed by atoms with Gasteiger partial charge in [-0.25, -0.2) is 0 Å². The highest BCUT2D eigenvalue weighted by Crippen LogP contribution is 2.17. The molecule has 0 aromatic heterocycles. The molecule has 0 heterocycles. The maximum absolute atomic E-state index is 5.39. The summed E-state index contributed by atoms with van der Waals surface area (Å²) < 4.78 is 1.14. The lowest BCUT2D eigenvalue weighted by molar-refractivity contribution is 0.857. The van der Waals surface area contributed by atoms with Gasteiger partial charge in [-0.05, 0) is 31.0 Å². The van der Waals surface area contributed by atoms with Crippen molar-refractivity contribution in [2.75, 3.05) is 6.54 Å². The first kappa shape index (κ1) is 10.5. The Morgan fingerprint density at radius 1 is 1.31 bits per heavy atom. The van der Waals surface area contributed by atoms with Crippen molar-refractivity contribution in [3.63, 3.8) is 0 Å². The summed E-state index contributed by atoms with van der Waals surface area (Å²) in [5, 5.41) is 0. The summed E-state index contributed by atoms with van der Waals surface area (Å²) in [5.74, 6) is 0. The Morgan fingerprint density at radius 2 is 2.08 bits per heavy atom. The third-order valence-electron chi connectivity index (χ3n) is 1.78. The van der Waals surface area contributed by atoms with Crippen LogP contribution in [-0.4, -0.2) is 6.54 Å². The molecule has 0 amide bonds. The molecule has 13 heavy (non-hydrogen) atoms. The van der Waals surface area contributed by atoms with Gasteiger partial charge in [-0.2, -0.15) is 0 Å². The van der Waals surface area contributed by atoms with Crippen molar-refractivity contribution in [1.82, 2.24) is 0 Å². The largest absolute Gasteiger partial charge is 0.330 e. The van der Waals surface area contributed by atoms with Crippen molar-refractivity contribution >= 4 is 22.0 Å². The maximum Gasteiger partial charge on any atom is 0.0247 e. The van der Waals surface area contributed by atoms with Crippen molar-refractivity contribution in [1.29, 1.82) is 0 Å². The molecule has 2 N–H and O–H groups in total. The van der Waals surface area contributed by atoms with E-state index in [4.69, 9.17) is 5.73 Å². The molecule has 0 spiro atoms. The molecule has 70 valence electrons. The van der Waals surface area contributed by atoms with Gasteiger partial charge in [-0.15, -0.1) is 0 Å². The Labute approximate surface area is 87.8 Å². The van der Waals surface area contributed by atoms with E-state index in [-0.39, 0.29) is 0 Å². The molecule has 1 nitrogen and oxygen atoms in total. The third-order valence-corrected chi connectivity index (χ3v) is 2.50. The SMILES string of the molecule is NCCCC=Cc1ccccc1Br. The van der Waals surface area contributed by atoms with Gasteiger partial charge in [0.15, 0.2) is 0 Å². The molecule has 1 aromatic carbocycles. The normalized spacial score (nSPS) is 10.9. The van der Waals surface area contributed by atoms with Crippen molar-refractivity contribution in [2.45, 2.75) is 12.8 Å². The molecule has 0 atom stereocenters. The monoisotopic (exact) mass is 239 g/mol. The van der Waals surface area contributed by atoms with Gasteiger partial charge in [0.25, 0.3) is 0 Å². The minimum atomic E-state index is 0.764. The van der Waals surface area contributed by atoms with Crippen molar-refractivity contribution in [3.05, 3.63) is 40.4 Å². The standard InChI is InChI=1S/C11H14BrN/c12-11-8-4-3-7-10(11)6-2-1-5-9-13/h2-4,6-8H,1,5,9,13H2.